The van der Waals surface area contributed by atoms with Crippen LogP contribution in [0.25, 0.3) is 0 Å². The summed E-state index contributed by atoms with van der Waals surface area (Å²) in [4.78, 5) is 14.3. The summed E-state index contributed by atoms with van der Waals surface area (Å²) in [5.41, 5.74) is 3.41. The molecule has 136 valence electrons. The van der Waals surface area contributed by atoms with Crippen LogP contribution in [0.5, 0.6) is 0 Å². The maximum Gasteiger partial charge on any atom is 0.252 e. The van der Waals surface area contributed by atoms with Crippen molar-refractivity contribution in [3.05, 3.63) is 70.8 Å². The zero-order valence-corrected chi connectivity index (χ0v) is 14.6. The van der Waals surface area contributed by atoms with Crippen molar-refractivity contribution >= 4 is 5.91 Å². The fraction of sp³-hybridized carbons (Fsp3) is 0.381. The molecule has 3 nitrogen and oxygen atoms in total. The Bertz CT molecular complexity index is 829. The number of carbonyl (C=O) groups is 1. The summed E-state index contributed by atoms with van der Waals surface area (Å²) < 4.78 is 26.2. The molecule has 1 N–H and O–H groups in total. The molecule has 0 unspecified atom stereocenters. The van der Waals surface area contributed by atoms with Gasteiger partial charge in [0.2, 0.25) is 0 Å². The van der Waals surface area contributed by atoms with Crippen LogP contribution in [0.3, 0.4) is 0 Å². The molecule has 1 aliphatic carbocycles. The number of halogens is 2. The summed E-state index contributed by atoms with van der Waals surface area (Å²) >= 11 is 0. The van der Waals surface area contributed by atoms with Crippen molar-refractivity contribution in [1.29, 1.82) is 0 Å². The Morgan fingerprint density at radius 3 is 2.58 bits per heavy atom. The monoisotopic (exact) mass is 356 g/mol. The second-order valence-corrected chi connectivity index (χ2v) is 7.35. The molecular formula is C21H22F2N2O. The van der Waals surface area contributed by atoms with Gasteiger partial charge in [0.1, 0.15) is 0 Å². The third-order valence-electron chi connectivity index (χ3n) is 5.92. The zero-order valence-electron chi connectivity index (χ0n) is 14.6. The third kappa shape index (κ3) is 3.12. The standard InChI is InChI=1S/C21H22F2N2O/c22-18-6-5-16(13-19(18)23)20(26)24-14-25-11-9-21(10-12-25)8-7-15-3-1-2-4-17(15)21/h1-6,13H,7-12,14H2,(H,24,26). The number of nitrogens with one attached hydrogen (secondary N) is 1. The van der Waals surface area contributed by atoms with E-state index in [0.29, 0.717) is 6.67 Å². The van der Waals surface area contributed by atoms with Gasteiger partial charge in [0.25, 0.3) is 5.91 Å². The van der Waals surface area contributed by atoms with E-state index in [4.69, 9.17) is 0 Å². The molecule has 0 bridgehead atoms. The minimum Gasteiger partial charge on any atom is -0.339 e. The SMILES string of the molecule is O=C(NCN1CCC2(CCc3ccccc32)CC1)c1ccc(F)c(F)c1. The van der Waals surface area contributed by atoms with Crippen LogP contribution in [0.1, 0.15) is 40.7 Å². The summed E-state index contributed by atoms with van der Waals surface area (Å²) in [6, 6.07) is 12.0. The van der Waals surface area contributed by atoms with Crippen molar-refractivity contribution in [1.82, 2.24) is 10.2 Å². The van der Waals surface area contributed by atoms with Gasteiger partial charge in [0.15, 0.2) is 11.6 Å². The highest BCUT2D eigenvalue weighted by molar-refractivity contribution is 5.94. The van der Waals surface area contributed by atoms with E-state index >= 15 is 0 Å². The molecule has 1 aliphatic heterocycles. The number of likely N-dealkylation sites (tertiary alicyclic amines) is 1. The number of fused-ring (bicyclic) bond motifs is 2. The van der Waals surface area contributed by atoms with Gasteiger partial charge in [-0.2, -0.15) is 0 Å². The van der Waals surface area contributed by atoms with Crippen LogP contribution in [0.2, 0.25) is 0 Å². The molecule has 1 heterocycles. The molecule has 1 saturated heterocycles. The number of hydrogen-bond acceptors (Lipinski definition) is 2. The Balaban J connectivity index is 1.33. The van der Waals surface area contributed by atoms with E-state index in [0.717, 1.165) is 44.5 Å². The van der Waals surface area contributed by atoms with E-state index in [1.54, 1.807) is 0 Å². The number of nitrogens with zero attached hydrogens (tertiary/aromatic N) is 1. The van der Waals surface area contributed by atoms with Gasteiger partial charge in [0, 0.05) is 18.7 Å². The summed E-state index contributed by atoms with van der Waals surface area (Å²) in [6.45, 7) is 2.27. The lowest BCUT2D eigenvalue weighted by Crippen LogP contribution is -2.46. The first-order chi connectivity index (χ1) is 12.6. The second kappa shape index (κ2) is 6.80. The number of amides is 1. The first kappa shape index (κ1) is 17.2. The van der Waals surface area contributed by atoms with Gasteiger partial charge in [-0.3, -0.25) is 9.69 Å². The van der Waals surface area contributed by atoms with E-state index in [2.05, 4.69) is 34.5 Å². The summed E-state index contributed by atoms with van der Waals surface area (Å²) in [5.74, 6) is -2.33. The number of benzene rings is 2. The number of piperidine rings is 1. The van der Waals surface area contributed by atoms with Crippen molar-refractivity contribution in [2.45, 2.75) is 31.1 Å². The predicted octanol–water partition coefficient (Wildman–Crippen LogP) is 3.63. The van der Waals surface area contributed by atoms with Crippen molar-refractivity contribution < 1.29 is 13.6 Å². The summed E-state index contributed by atoms with van der Waals surface area (Å²) in [7, 11) is 0. The molecule has 1 fully saturated rings. The van der Waals surface area contributed by atoms with Gasteiger partial charge >= 0.3 is 0 Å². The summed E-state index contributed by atoms with van der Waals surface area (Å²) in [5, 5.41) is 2.81. The number of hydrogen-bond donors (Lipinski definition) is 1. The van der Waals surface area contributed by atoms with Gasteiger partial charge in [-0.15, -0.1) is 0 Å². The van der Waals surface area contributed by atoms with Crippen molar-refractivity contribution in [3.63, 3.8) is 0 Å². The molecule has 4 rings (SSSR count). The molecule has 2 aromatic carbocycles. The molecule has 0 saturated carbocycles. The van der Waals surface area contributed by atoms with Gasteiger partial charge in [-0.1, -0.05) is 24.3 Å². The predicted molar refractivity (Wildman–Crippen MR) is 95.9 cm³/mol. The lowest BCUT2D eigenvalue weighted by Gasteiger charge is -2.40. The Morgan fingerprint density at radius 2 is 1.81 bits per heavy atom. The molecule has 26 heavy (non-hydrogen) atoms. The molecule has 0 atom stereocenters. The van der Waals surface area contributed by atoms with Crippen LogP contribution in [0.4, 0.5) is 8.78 Å². The lowest BCUT2D eigenvalue weighted by molar-refractivity contribution is 0.0891. The first-order valence-electron chi connectivity index (χ1n) is 9.11. The number of aryl methyl sites for hydroxylation is 1. The topological polar surface area (TPSA) is 32.3 Å². The third-order valence-corrected chi connectivity index (χ3v) is 5.92. The smallest absolute Gasteiger partial charge is 0.252 e. The van der Waals surface area contributed by atoms with Crippen LogP contribution in [-0.4, -0.2) is 30.6 Å². The average Bonchev–Trinajstić information content (AvgIpc) is 3.02. The van der Waals surface area contributed by atoms with Crippen LogP contribution >= 0.6 is 0 Å². The highest BCUT2D eigenvalue weighted by atomic mass is 19.2. The molecule has 0 radical (unpaired) electrons. The maximum atomic E-state index is 13.3. The fourth-order valence-electron chi connectivity index (χ4n) is 4.35. The average molecular weight is 356 g/mol. The van der Waals surface area contributed by atoms with Crippen LogP contribution in [-0.2, 0) is 11.8 Å². The van der Waals surface area contributed by atoms with E-state index in [9.17, 15) is 13.6 Å². The van der Waals surface area contributed by atoms with E-state index in [1.807, 2.05) is 0 Å². The highest BCUT2D eigenvalue weighted by Crippen LogP contribution is 2.45. The summed E-state index contributed by atoms with van der Waals surface area (Å²) in [6.07, 6.45) is 4.54. The van der Waals surface area contributed by atoms with E-state index < -0.39 is 11.6 Å². The van der Waals surface area contributed by atoms with Crippen molar-refractivity contribution in [3.8, 4) is 0 Å². The van der Waals surface area contributed by atoms with Gasteiger partial charge < -0.3 is 5.32 Å². The number of rotatable bonds is 3. The molecule has 2 aliphatic rings. The normalized spacial score (nSPS) is 18.7. The minimum absolute atomic E-state index is 0.141. The van der Waals surface area contributed by atoms with Crippen molar-refractivity contribution in [2.24, 2.45) is 0 Å². The Labute approximate surface area is 152 Å². The van der Waals surface area contributed by atoms with Crippen LogP contribution < -0.4 is 5.32 Å². The second-order valence-electron chi connectivity index (χ2n) is 7.35. The number of carbonyl (C=O) groups excluding carboxylic acids is 1. The molecule has 2 aromatic rings. The first-order valence-corrected chi connectivity index (χ1v) is 9.11. The van der Waals surface area contributed by atoms with Crippen LogP contribution in [0, 0.1) is 11.6 Å². The minimum atomic E-state index is -1.00. The van der Waals surface area contributed by atoms with Gasteiger partial charge in [0.05, 0.1) is 6.67 Å². The van der Waals surface area contributed by atoms with Crippen molar-refractivity contribution in [2.75, 3.05) is 19.8 Å². The van der Waals surface area contributed by atoms with Gasteiger partial charge in [-0.05, 0) is 60.4 Å². The van der Waals surface area contributed by atoms with Crippen LogP contribution in [0.15, 0.2) is 42.5 Å². The molecule has 1 amide bonds. The highest BCUT2D eigenvalue weighted by Gasteiger charge is 2.40. The maximum absolute atomic E-state index is 13.3. The fourth-order valence-corrected chi connectivity index (χ4v) is 4.35. The quantitative estimate of drug-likeness (QED) is 0.911. The molecule has 5 heteroatoms. The molecule has 1 spiro atoms. The Morgan fingerprint density at radius 1 is 1.04 bits per heavy atom. The van der Waals surface area contributed by atoms with Gasteiger partial charge in [-0.25, -0.2) is 8.78 Å². The van der Waals surface area contributed by atoms with E-state index in [1.165, 1.54) is 23.6 Å². The Kier molecular flexibility index (Phi) is 4.49. The van der Waals surface area contributed by atoms with E-state index in [-0.39, 0.29) is 16.9 Å². The Hall–Kier alpha value is -2.27. The largest absolute Gasteiger partial charge is 0.339 e. The zero-order chi connectivity index (χ0) is 18.1. The molecule has 0 aromatic heterocycles. The molecular weight excluding hydrogens is 334 g/mol. The lowest BCUT2D eigenvalue weighted by atomic mass is 9.74.